The Labute approximate surface area is 186 Å². The van der Waals surface area contributed by atoms with E-state index in [1.807, 2.05) is 31.2 Å². The summed E-state index contributed by atoms with van der Waals surface area (Å²) >= 11 is 0. The average molecular weight is 428 g/mol. The number of nitrogens with zero attached hydrogens (tertiary/aromatic N) is 1. The Morgan fingerprint density at radius 1 is 1.06 bits per heavy atom. The van der Waals surface area contributed by atoms with Crippen molar-refractivity contribution in [2.24, 2.45) is 5.73 Å². The number of hydrogen-bond donors (Lipinski definition) is 2. The van der Waals surface area contributed by atoms with Gasteiger partial charge in [0.05, 0.1) is 25.2 Å². The van der Waals surface area contributed by atoms with Crippen LogP contribution in [0.4, 0.5) is 5.69 Å². The van der Waals surface area contributed by atoms with Crippen LogP contribution in [0.2, 0.25) is 0 Å². The minimum atomic E-state index is -0.372. The number of morpholine rings is 1. The number of nitrogens with one attached hydrogen (secondary N) is 1. The zero-order valence-electron chi connectivity index (χ0n) is 18.0. The molecule has 2 heterocycles. The number of carbonyl (C=O) groups excluding carboxylic acids is 2. The molecule has 0 bridgehead atoms. The standard InChI is InChI=1S/C26H25N3O3/c1-16-10-17(2-3-18(16)15-30)19-11-20(13-25(27)31)26-23(12-19)22-5-4-21(14-24(22)28-26)29-6-8-32-9-7-29/h2-5,10-12,14-15,28H,6-9,13H2,1H3,(H2,27,31). The highest BCUT2D eigenvalue weighted by Gasteiger charge is 2.16. The maximum absolute atomic E-state index is 11.8. The van der Waals surface area contributed by atoms with Gasteiger partial charge in [0.25, 0.3) is 0 Å². The zero-order chi connectivity index (χ0) is 22.2. The first-order valence-corrected chi connectivity index (χ1v) is 10.8. The molecule has 0 unspecified atom stereocenters. The molecule has 1 aliphatic heterocycles. The average Bonchev–Trinajstić information content (AvgIpc) is 3.17. The van der Waals surface area contributed by atoms with Gasteiger partial charge in [-0.25, -0.2) is 0 Å². The number of carbonyl (C=O) groups is 2. The molecular weight excluding hydrogens is 402 g/mol. The third kappa shape index (κ3) is 3.63. The van der Waals surface area contributed by atoms with Gasteiger partial charge in [0.1, 0.15) is 6.29 Å². The number of rotatable bonds is 5. The van der Waals surface area contributed by atoms with Crippen molar-refractivity contribution in [1.82, 2.24) is 4.98 Å². The van der Waals surface area contributed by atoms with Gasteiger partial charge in [-0.1, -0.05) is 24.3 Å². The first-order chi connectivity index (χ1) is 15.5. The predicted octanol–water partition coefficient (Wildman–Crippen LogP) is 3.97. The number of aromatic nitrogens is 1. The van der Waals surface area contributed by atoms with Gasteiger partial charge in [0.2, 0.25) is 5.91 Å². The number of primary amides is 1. The summed E-state index contributed by atoms with van der Waals surface area (Å²) in [6.45, 7) is 5.14. The summed E-state index contributed by atoms with van der Waals surface area (Å²) in [4.78, 5) is 28.9. The van der Waals surface area contributed by atoms with Gasteiger partial charge in [0.15, 0.2) is 0 Å². The van der Waals surface area contributed by atoms with E-state index in [-0.39, 0.29) is 12.3 Å². The van der Waals surface area contributed by atoms with E-state index in [4.69, 9.17) is 10.5 Å². The molecule has 0 aliphatic carbocycles. The summed E-state index contributed by atoms with van der Waals surface area (Å²) in [7, 11) is 0. The Balaban J connectivity index is 1.67. The molecule has 0 spiro atoms. The highest BCUT2D eigenvalue weighted by Crippen LogP contribution is 2.35. The Morgan fingerprint density at radius 2 is 1.88 bits per heavy atom. The summed E-state index contributed by atoms with van der Waals surface area (Å²) in [5.74, 6) is -0.372. The topological polar surface area (TPSA) is 88.4 Å². The van der Waals surface area contributed by atoms with Crippen molar-refractivity contribution in [1.29, 1.82) is 0 Å². The van der Waals surface area contributed by atoms with Crippen LogP contribution in [0, 0.1) is 6.92 Å². The highest BCUT2D eigenvalue weighted by atomic mass is 16.5. The molecule has 1 aromatic heterocycles. The van der Waals surface area contributed by atoms with Gasteiger partial charge in [-0.3, -0.25) is 9.59 Å². The monoisotopic (exact) mass is 427 g/mol. The lowest BCUT2D eigenvalue weighted by Gasteiger charge is -2.28. The summed E-state index contributed by atoms with van der Waals surface area (Å²) in [6, 6.07) is 16.4. The molecule has 1 saturated heterocycles. The molecule has 3 aromatic carbocycles. The number of benzene rings is 3. The third-order valence-corrected chi connectivity index (χ3v) is 6.24. The predicted molar refractivity (Wildman–Crippen MR) is 127 cm³/mol. The van der Waals surface area contributed by atoms with Crippen LogP contribution in [0.3, 0.4) is 0 Å². The van der Waals surface area contributed by atoms with E-state index >= 15 is 0 Å². The maximum Gasteiger partial charge on any atom is 0.221 e. The van der Waals surface area contributed by atoms with Crippen molar-refractivity contribution < 1.29 is 14.3 Å². The SMILES string of the molecule is Cc1cc(-c2cc(CC(N)=O)c3[nH]c4cc(N5CCOCC5)ccc4c3c2)ccc1C=O. The van der Waals surface area contributed by atoms with E-state index in [9.17, 15) is 9.59 Å². The molecule has 162 valence electrons. The fraction of sp³-hybridized carbons (Fsp3) is 0.231. The minimum absolute atomic E-state index is 0.152. The number of hydrogen-bond acceptors (Lipinski definition) is 4. The second-order valence-electron chi connectivity index (χ2n) is 8.34. The summed E-state index contributed by atoms with van der Waals surface area (Å²) in [5.41, 5.74) is 13.1. The van der Waals surface area contributed by atoms with Gasteiger partial charge in [-0.2, -0.15) is 0 Å². The van der Waals surface area contributed by atoms with Crippen molar-refractivity contribution in [3.63, 3.8) is 0 Å². The first-order valence-electron chi connectivity index (χ1n) is 10.8. The molecule has 6 heteroatoms. The van der Waals surface area contributed by atoms with Crippen LogP contribution in [0.5, 0.6) is 0 Å². The van der Waals surface area contributed by atoms with Gasteiger partial charge in [-0.15, -0.1) is 0 Å². The first kappa shape index (κ1) is 20.3. The van der Waals surface area contributed by atoms with E-state index in [0.717, 1.165) is 82.3 Å². The molecule has 1 aliphatic rings. The van der Waals surface area contributed by atoms with E-state index in [1.54, 1.807) is 0 Å². The van der Waals surface area contributed by atoms with Crippen LogP contribution in [-0.2, 0) is 16.0 Å². The van der Waals surface area contributed by atoms with Crippen molar-refractivity contribution in [3.05, 3.63) is 65.2 Å². The van der Waals surface area contributed by atoms with E-state index in [2.05, 4.69) is 34.1 Å². The van der Waals surface area contributed by atoms with Gasteiger partial charge in [0, 0.05) is 40.6 Å². The van der Waals surface area contributed by atoms with Crippen LogP contribution >= 0.6 is 0 Å². The quantitative estimate of drug-likeness (QED) is 0.472. The summed E-state index contributed by atoms with van der Waals surface area (Å²) in [5, 5.41) is 2.16. The minimum Gasteiger partial charge on any atom is -0.378 e. The molecule has 0 atom stereocenters. The number of aryl methyl sites for hydroxylation is 1. The lowest BCUT2D eigenvalue weighted by Crippen LogP contribution is -2.36. The molecular formula is C26H25N3O3. The number of ether oxygens (including phenoxy) is 1. The van der Waals surface area contributed by atoms with Gasteiger partial charge >= 0.3 is 0 Å². The molecule has 3 N–H and O–H groups in total. The van der Waals surface area contributed by atoms with Crippen molar-refractivity contribution in [3.8, 4) is 11.1 Å². The Bertz CT molecular complexity index is 1350. The number of aromatic amines is 1. The third-order valence-electron chi connectivity index (χ3n) is 6.24. The van der Waals surface area contributed by atoms with Crippen LogP contribution in [-0.4, -0.2) is 43.5 Å². The second-order valence-corrected chi connectivity index (χ2v) is 8.34. The molecule has 6 nitrogen and oxygen atoms in total. The number of nitrogens with two attached hydrogens (primary N) is 1. The van der Waals surface area contributed by atoms with E-state index < -0.39 is 0 Å². The zero-order valence-corrected chi connectivity index (χ0v) is 18.0. The lowest BCUT2D eigenvalue weighted by molar-refractivity contribution is -0.117. The number of amides is 1. The van der Waals surface area contributed by atoms with Gasteiger partial charge in [-0.05, 0) is 53.4 Å². The Hall–Kier alpha value is -3.64. The van der Waals surface area contributed by atoms with Crippen molar-refractivity contribution in [2.45, 2.75) is 13.3 Å². The highest BCUT2D eigenvalue weighted by molar-refractivity contribution is 6.11. The second kappa shape index (κ2) is 8.13. The molecule has 1 amide bonds. The molecule has 1 fully saturated rings. The Morgan fingerprint density at radius 3 is 2.59 bits per heavy atom. The molecule has 32 heavy (non-hydrogen) atoms. The van der Waals surface area contributed by atoms with Crippen LogP contribution in [0.25, 0.3) is 32.9 Å². The van der Waals surface area contributed by atoms with Crippen LogP contribution in [0.1, 0.15) is 21.5 Å². The van der Waals surface area contributed by atoms with E-state index in [1.165, 1.54) is 0 Å². The van der Waals surface area contributed by atoms with Crippen molar-refractivity contribution in [2.75, 3.05) is 31.2 Å². The van der Waals surface area contributed by atoms with Gasteiger partial charge < -0.3 is 20.4 Å². The van der Waals surface area contributed by atoms with E-state index in [0.29, 0.717) is 5.56 Å². The normalized spacial score (nSPS) is 14.2. The summed E-state index contributed by atoms with van der Waals surface area (Å²) in [6.07, 6.45) is 1.02. The fourth-order valence-corrected chi connectivity index (χ4v) is 4.57. The molecule has 0 saturated carbocycles. The van der Waals surface area contributed by atoms with Crippen LogP contribution in [0.15, 0.2) is 48.5 Å². The van der Waals surface area contributed by atoms with Crippen LogP contribution < -0.4 is 10.6 Å². The fourth-order valence-electron chi connectivity index (χ4n) is 4.57. The maximum atomic E-state index is 11.8. The number of anilines is 1. The molecule has 5 rings (SSSR count). The number of aldehydes is 1. The Kier molecular flexibility index (Phi) is 5.15. The van der Waals surface area contributed by atoms with Crippen molar-refractivity contribution >= 4 is 39.7 Å². The number of H-pyrrole nitrogens is 1. The lowest BCUT2D eigenvalue weighted by atomic mass is 9.95. The summed E-state index contributed by atoms with van der Waals surface area (Å²) < 4.78 is 5.47. The largest absolute Gasteiger partial charge is 0.378 e. The smallest absolute Gasteiger partial charge is 0.221 e. The molecule has 4 aromatic rings. The molecule has 0 radical (unpaired) electrons. The number of fused-ring (bicyclic) bond motifs is 3.